The summed E-state index contributed by atoms with van der Waals surface area (Å²) in [7, 11) is 1.70. The summed E-state index contributed by atoms with van der Waals surface area (Å²) in [5.41, 5.74) is 1.21. The Hall–Kier alpha value is -1.29. The number of hydrogen-bond acceptors (Lipinski definition) is 2. The van der Waals surface area contributed by atoms with Gasteiger partial charge in [0.15, 0.2) is 4.73 Å². The Kier molecular flexibility index (Phi) is 3.62. The zero-order chi connectivity index (χ0) is 11.4. The maximum Gasteiger partial charge on any atom is 0.177 e. The maximum absolute atomic E-state index is 5.31. The van der Waals surface area contributed by atoms with Crippen LogP contribution in [0.5, 0.6) is 5.75 Å². The van der Waals surface area contributed by atoms with Crippen LogP contribution < -0.4 is 4.74 Å². The van der Waals surface area contributed by atoms with Crippen LogP contribution in [0.1, 0.15) is 5.56 Å². The third-order valence-electron chi connectivity index (χ3n) is 2.48. The first-order valence-electron chi connectivity index (χ1n) is 5.10. The van der Waals surface area contributed by atoms with Crippen LogP contribution in [0, 0.1) is 0 Å². The highest BCUT2D eigenvalue weighted by Crippen LogP contribution is 2.18. The topological polar surface area (TPSA) is 27.1 Å². The standard InChI is InChI=1S/C12H13BrN2O/c1-16-11-5-3-2-4-10(11)6-8-15-9-7-14-12(15)13/h2-5,7,9H,6,8H2,1H3. The molecule has 4 heteroatoms. The van der Waals surface area contributed by atoms with Crippen LogP contribution in [0.25, 0.3) is 0 Å². The molecule has 0 amide bonds. The van der Waals surface area contributed by atoms with E-state index in [1.807, 2.05) is 24.4 Å². The van der Waals surface area contributed by atoms with Crippen LogP contribution in [0.15, 0.2) is 41.4 Å². The van der Waals surface area contributed by atoms with Gasteiger partial charge in [0.25, 0.3) is 0 Å². The molecule has 2 rings (SSSR count). The molecule has 0 radical (unpaired) electrons. The van der Waals surface area contributed by atoms with E-state index in [1.165, 1.54) is 5.56 Å². The van der Waals surface area contributed by atoms with E-state index in [1.54, 1.807) is 13.3 Å². The summed E-state index contributed by atoms with van der Waals surface area (Å²) in [5.74, 6) is 0.943. The molecule has 1 heterocycles. The van der Waals surface area contributed by atoms with Crippen molar-refractivity contribution >= 4 is 15.9 Å². The van der Waals surface area contributed by atoms with Gasteiger partial charge in [-0.3, -0.25) is 0 Å². The molecule has 0 saturated carbocycles. The number of ether oxygens (including phenoxy) is 1. The molecule has 0 atom stereocenters. The monoisotopic (exact) mass is 280 g/mol. The number of aromatic nitrogens is 2. The predicted molar refractivity (Wildman–Crippen MR) is 66.6 cm³/mol. The third-order valence-corrected chi connectivity index (χ3v) is 3.14. The van der Waals surface area contributed by atoms with Crippen molar-refractivity contribution in [2.24, 2.45) is 0 Å². The van der Waals surface area contributed by atoms with Crippen molar-refractivity contribution in [1.82, 2.24) is 9.55 Å². The lowest BCUT2D eigenvalue weighted by Gasteiger charge is -2.08. The molecule has 0 spiro atoms. The molecule has 0 fully saturated rings. The number of halogens is 1. The first-order valence-corrected chi connectivity index (χ1v) is 5.89. The number of nitrogens with zero attached hydrogens (tertiary/aromatic N) is 2. The van der Waals surface area contributed by atoms with E-state index in [0.29, 0.717) is 0 Å². The van der Waals surface area contributed by atoms with E-state index >= 15 is 0 Å². The number of imidazole rings is 1. The zero-order valence-electron chi connectivity index (χ0n) is 9.06. The van der Waals surface area contributed by atoms with Crippen LogP contribution in [0.3, 0.4) is 0 Å². The molecule has 16 heavy (non-hydrogen) atoms. The van der Waals surface area contributed by atoms with E-state index < -0.39 is 0 Å². The minimum atomic E-state index is 0.863. The quantitative estimate of drug-likeness (QED) is 0.861. The third kappa shape index (κ3) is 2.44. The average Bonchev–Trinajstić information content (AvgIpc) is 2.72. The van der Waals surface area contributed by atoms with Crippen molar-refractivity contribution in [3.8, 4) is 5.75 Å². The van der Waals surface area contributed by atoms with E-state index in [2.05, 4.69) is 31.5 Å². The zero-order valence-corrected chi connectivity index (χ0v) is 10.6. The molecule has 0 bridgehead atoms. The second kappa shape index (κ2) is 5.16. The second-order valence-corrected chi connectivity index (χ2v) is 4.16. The van der Waals surface area contributed by atoms with Gasteiger partial charge < -0.3 is 9.30 Å². The lowest BCUT2D eigenvalue weighted by atomic mass is 10.1. The van der Waals surface area contributed by atoms with E-state index in [4.69, 9.17) is 4.74 Å². The number of aryl methyl sites for hydroxylation is 2. The molecule has 84 valence electrons. The number of benzene rings is 1. The molecule has 1 aromatic carbocycles. The van der Waals surface area contributed by atoms with Crippen LogP contribution >= 0.6 is 15.9 Å². The Labute approximate surface area is 103 Å². The number of hydrogen-bond donors (Lipinski definition) is 0. The summed E-state index contributed by atoms with van der Waals surface area (Å²) >= 11 is 3.40. The summed E-state index contributed by atoms with van der Waals surface area (Å²) in [4.78, 5) is 4.12. The molecule has 1 aromatic heterocycles. The SMILES string of the molecule is COc1ccccc1CCn1ccnc1Br. The van der Waals surface area contributed by atoms with Gasteiger partial charge in [-0.05, 0) is 34.0 Å². The summed E-state index contributed by atoms with van der Waals surface area (Å²) in [6, 6.07) is 8.08. The van der Waals surface area contributed by atoms with E-state index in [-0.39, 0.29) is 0 Å². The number of rotatable bonds is 4. The van der Waals surface area contributed by atoms with Crippen molar-refractivity contribution < 1.29 is 4.74 Å². The van der Waals surface area contributed by atoms with Crippen LogP contribution in [0.4, 0.5) is 0 Å². The second-order valence-electron chi connectivity index (χ2n) is 3.45. The maximum atomic E-state index is 5.31. The smallest absolute Gasteiger partial charge is 0.177 e. The van der Waals surface area contributed by atoms with Gasteiger partial charge in [0.05, 0.1) is 7.11 Å². The van der Waals surface area contributed by atoms with Crippen LogP contribution in [-0.4, -0.2) is 16.7 Å². The van der Waals surface area contributed by atoms with Gasteiger partial charge in [-0.25, -0.2) is 4.98 Å². The van der Waals surface area contributed by atoms with Gasteiger partial charge in [0, 0.05) is 18.9 Å². The van der Waals surface area contributed by atoms with Crippen molar-refractivity contribution in [1.29, 1.82) is 0 Å². The van der Waals surface area contributed by atoms with Crippen molar-refractivity contribution in [3.05, 3.63) is 47.0 Å². The van der Waals surface area contributed by atoms with Gasteiger partial charge in [-0.1, -0.05) is 18.2 Å². The molecule has 0 aliphatic rings. The molecule has 0 saturated heterocycles. The fraction of sp³-hybridized carbons (Fsp3) is 0.250. The molecule has 0 aliphatic carbocycles. The van der Waals surface area contributed by atoms with Crippen LogP contribution in [0.2, 0.25) is 0 Å². The van der Waals surface area contributed by atoms with Gasteiger partial charge >= 0.3 is 0 Å². The lowest BCUT2D eigenvalue weighted by molar-refractivity contribution is 0.408. The lowest BCUT2D eigenvalue weighted by Crippen LogP contribution is -2.01. The minimum Gasteiger partial charge on any atom is -0.496 e. The summed E-state index contributed by atoms with van der Waals surface area (Å²) in [6.45, 7) is 0.890. The largest absolute Gasteiger partial charge is 0.496 e. The fourth-order valence-electron chi connectivity index (χ4n) is 1.63. The van der Waals surface area contributed by atoms with Gasteiger partial charge in [0.2, 0.25) is 0 Å². The minimum absolute atomic E-state index is 0.863. The highest BCUT2D eigenvalue weighted by molar-refractivity contribution is 9.10. The highest BCUT2D eigenvalue weighted by Gasteiger charge is 2.03. The van der Waals surface area contributed by atoms with Gasteiger partial charge in [0.1, 0.15) is 5.75 Å². The molecular weight excluding hydrogens is 268 g/mol. The Morgan fingerprint density at radius 2 is 2.19 bits per heavy atom. The fourth-order valence-corrected chi connectivity index (χ4v) is 2.04. The predicted octanol–water partition coefficient (Wildman–Crippen LogP) is 2.90. The van der Waals surface area contributed by atoms with Gasteiger partial charge in [-0.2, -0.15) is 0 Å². The Morgan fingerprint density at radius 3 is 2.88 bits per heavy atom. The van der Waals surface area contributed by atoms with E-state index in [9.17, 15) is 0 Å². The highest BCUT2D eigenvalue weighted by atomic mass is 79.9. The van der Waals surface area contributed by atoms with Crippen LogP contribution in [-0.2, 0) is 13.0 Å². The number of methoxy groups -OCH3 is 1. The summed E-state index contributed by atoms with van der Waals surface area (Å²) in [5, 5.41) is 0. The van der Waals surface area contributed by atoms with Gasteiger partial charge in [-0.15, -0.1) is 0 Å². The molecule has 0 unspecified atom stereocenters. The van der Waals surface area contributed by atoms with Crippen molar-refractivity contribution in [3.63, 3.8) is 0 Å². The van der Waals surface area contributed by atoms with E-state index in [0.717, 1.165) is 23.4 Å². The Morgan fingerprint density at radius 1 is 1.38 bits per heavy atom. The summed E-state index contributed by atoms with van der Waals surface area (Å²) < 4.78 is 8.23. The van der Waals surface area contributed by atoms with Crippen molar-refractivity contribution in [2.45, 2.75) is 13.0 Å². The number of para-hydroxylation sites is 1. The molecular formula is C12H13BrN2O. The normalized spacial score (nSPS) is 10.4. The first-order chi connectivity index (χ1) is 7.81. The first kappa shape index (κ1) is 11.2. The Bertz CT molecular complexity index is 468. The molecule has 0 aliphatic heterocycles. The molecule has 3 nitrogen and oxygen atoms in total. The molecule has 0 N–H and O–H groups in total. The Balaban J connectivity index is 2.07. The van der Waals surface area contributed by atoms with Crippen molar-refractivity contribution in [2.75, 3.05) is 7.11 Å². The molecule has 2 aromatic rings. The average molecular weight is 281 g/mol. The summed E-state index contributed by atoms with van der Waals surface area (Å²) in [6.07, 6.45) is 4.67.